The SMILES string of the molecule is COCc1ncc(C(=O)OC)n1Cc1ccc(-c2ccccc2-c2nnn[nH]2)cc1. The molecule has 0 aliphatic carbocycles. The molecule has 0 saturated carbocycles. The van der Waals surface area contributed by atoms with E-state index in [1.54, 1.807) is 11.7 Å². The summed E-state index contributed by atoms with van der Waals surface area (Å²) in [6.45, 7) is 0.769. The van der Waals surface area contributed by atoms with Gasteiger partial charge >= 0.3 is 5.97 Å². The van der Waals surface area contributed by atoms with Crippen molar-refractivity contribution in [3.8, 4) is 22.5 Å². The van der Waals surface area contributed by atoms with Gasteiger partial charge in [-0.15, -0.1) is 5.10 Å². The van der Waals surface area contributed by atoms with Crippen LogP contribution in [-0.4, -0.2) is 50.4 Å². The summed E-state index contributed by atoms with van der Waals surface area (Å²) in [5.74, 6) is 0.834. The van der Waals surface area contributed by atoms with Gasteiger partial charge < -0.3 is 14.0 Å². The van der Waals surface area contributed by atoms with E-state index in [0.717, 1.165) is 22.3 Å². The Labute approximate surface area is 172 Å². The fourth-order valence-electron chi connectivity index (χ4n) is 3.29. The lowest BCUT2D eigenvalue weighted by molar-refractivity contribution is 0.0587. The molecule has 0 atom stereocenters. The summed E-state index contributed by atoms with van der Waals surface area (Å²) in [6, 6.07) is 16.0. The number of benzene rings is 2. The number of ether oxygens (including phenoxy) is 2. The molecule has 2 heterocycles. The van der Waals surface area contributed by atoms with E-state index >= 15 is 0 Å². The molecule has 0 unspecified atom stereocenters. The number of esters is 1. The quantitative estimate of drug-likeness (QED) is 0.472. The van der Waals surface area contributed by atoms with Crippen molar-refractivity contribution in [2.45, 2.75) is 13.2 Å². The molecule has 2 aromatic heterocycles. The van der Waals surface area contributed by atoms with Gasteiger partial charge in [0.05, 0.1) is 13.3 Å². The van der Waals surface area contributed by atoms with Gasteiger partial charge in [0.2, 0.25) is 0 Å². The number of aromatic amines is 1. The van der Waals surface area contributed by atoms with Crippen molar-refractivity contribution in [2.75, 3.05) is 14.2 Å². The summed E-state index contributed by atoms with van der Waals surface area (Å²) in [5, 5.41) is 14.2. The summed E-state index contributed by atoms with van der Waals surface area (Å²) >= 11 is 0. The molecule has 0 radical (unpaired) electrons. The molecular formula is C21H20N6O3. The normalized spacial score (nSPS) is 10.9. The summed E-state index contributed by atoms with van der Waals surface area (Å²) in [7, 11) is 2.94. The van der Waals surface area contributed by atoms with Crippen LogP contribution in [-0.2, 0) is 22.6 Å². The van der Waals surface area contributed by atoms with Crippen LogP contribution < -0.4 is 0 Å². The van der Waals surface area contributed by atoms with Gasteiger partial charge in [-0.1, -0.05) is 48.5 Å². The lowest BCUT2D eigenvalue weighted by atomic mass is 9.98. The minimum atomic E-state index is -0.434. The van der Waals surface area contributed by atoms with Crippen LogP contribution in [0.4, 0.5) is 0 Å². The van der Waals surface area contributed by atoms with Crippen LogP contribution in [0.5, 0.6) is 0 Å². The van der Waals surface area contributed by atoms with E-state index in [2.05, 4.69) is 25.6 Å². The minimum absolute atomic E-state index is 0.299. The summed E-state index contributed by atoms with van der Waals surface area (Å²) < 4.78 is 11.9. The molecule has 4 rings (SSSR count). The zero-order chi connectivity index (χ0) is 20.9. The molecule has 0 spiro atoms. The van der Waals surface area contributed by atoms with E-state index in [-0.39, 0.29) is 0 Å². The maximum atomic E-state index is 12.1. The van der Waals surface area contributed by atoms with E-state index in [1.165, 1.54) is 13.3 Å². The van der Waals surface area contributed by atoms with Gasteiger partial charge in [-0.25, -0.2) is 14.9 Å². The monoisotopic (exact) mass is 404 g/mol. The number of tetrazole rings is 1. The molecule has 4 aromatic rings. The molecule has 0 fully saturated rings. The predicted molar refractivity (Wildman–Crippen MR) is 108 cm³/mol. The van der Waals surface area contributed by atoms with Crippen LogP contribution in [0, 0.1) is 0 Å². The van der Waals surface area contributed by atoms with Crippen LogP contribution in [0.3, 0.4) is 0 Å². The Morgan fingerprint density at radius 1 is 1.07 bits per heavy atom. The topological polar surface area (TPSA) is 108 Å². The van der Waals surface area contributed by atoms with E-state index in [1.807, 2.05) is 48.5 Å². The average molecular weight is 404 g/mol. The van der Waals surface area contributed by atoms with Crippen molar-refractivity contribution in [3.63, 3.8) is 0 Å². The average Bonchev–Trinajstić information content (AvgIpc) is 3.45. The Kier molecular flexibility index (Phi) is 5.62. The Hall–Kier alpha value is -3.85. The summed E-state index contributed by atoms with van der Waals surface area (Å²) in [4.78, 5) is 16.4. The summed E-state index contributed by atoms with van der Waals surface area (Å²) in [5.41, 5.74) is 4.36. The number of hydrogen-bond donors (Lipinski definition) is 1. The molecule has 1 N–H and O–H groups in total. The van der Waals surface area contributed by atoms with Gasteiger partial charge in [-0.05, 0) is 27.1 Å². The molecule has 0 saturated heterocycles. The van der Waals surface area contributed by atoms with Crippen molar-refractivity contribution in [3.05, 3.63) is 71.8 Å². The highest BCUT2D eigenvalue weighted by Gasteiger charge is 2.17. The zero-order valence-corrected chi connectivity index (χ0v) is 16.6. The number of carbonyl (C=O) groups is 1. The second-order valence-electron chi connectivity index (χ2n) is 6.56. The van der Waals surface area contributed by atoms with E-state index in [0.29, 0.717) is 30.5 Å². The Morgan fingerprint density at radius 2 is 1.83 bits per heavy atom. The third-order valence-corrected chi connectivity index (χ3v) is 4.74. The molecule has 152 valence electrons. The number of nitrogens with zero attached hydrogens (tertiary/aromatic N) is 5. The van der Waals surface area contributed by atoms with Crippen molar-refractivity contribution in [2.24, 2.45) is 0 Å². The molecular weight excluding hydrogens is 384 g/mol. The van der Waals surface area contributed by atoms with Gasteiger partial charge in [-0.2, -0.15) is 0 Å². The first-order valence-corrected chi connectivity index (χ1v) is 9.25. The van der Waals surface area contributed by atoms with Gasteiger partial charge in [0, 0.05) is 19.2 Å². The number of rotatable bonds is 7. The third-order valence-electron chi connectivity index (χ3n) is 4.74. The minimum Gasteiger partial charge on any atom is -0.464 e. The van der Waals surface area contributed by atoms with Gasteiger partial charge in [-0.3, -0.25) is 0 Å². The lowest BCUT2D eigenvalue weighted by Gasteiger charge is -2.12. The maximum absolute atomic E-state index is 12.1. The van der Waals surface area contributed by atoms with Crippen molar-refractivity contribution >= 4 is 5.97 Å². The fourth-order valence-corrected chi connectivity index (χ4v) is 3.29. The molecule has 9 heteroatoms. The zero-order valence-electron chi connectivity index (χ0n) is 16.6. The predicted octanol–water partition coefficient (Wildman–Crippen LogP) is 2.71. The van der Waals surface area contributed by atoms with Crippen molar-refractivity contribution < 1.29 is 14.3 Å². The number of hydrogen-bond acceptors (Lipinski definition) is 7. The second kappa shape index (κ2) is 8.66. The van der Waals surface area contributed by atoms with Crippen LogP contribution >= 0.6 is 0 Å². The lowest BCUT2D eigenvalue weighted by Crippen LogP contribution is -2.14. The Morgan fingerprint density at radius 3 is 2.50 bits per heavy atom. The molecule has 30 heavy (non-hydrogen) atoms. The molecule has 2 aromatic carbocycles. The highest BCUT2D eigenvalue weighted by atomic mass is 16.5. The van der Waals surface area contributed by atoms with E-state index in [4.69, 9.17) is 9.47 Å². The first-order chi connectivity index (χ1) is 14.7. The third kappa shape index (κ3) is 3.83. The molecule has 0 amide bonds. The highest BCUT2D eigenvalue weighted by Crippen LogP contribution is 2.29. The second-order valence-corrected chi connectivity index (χ2v) is 6.56. The Bertz CT molecular complexity index is 1140. The molecule has 9 nitrogen and oxygen atoms in total. The smallest absolute Gasteiger partial charge is 0.356 e. The molecule has 0 aliphatic rings. The van der Waals surface area contributed by atoms with Gasteiger partial charge in [0.1, 0.15) is 18.1 Å². The standard InChI is InChI=1S/C21H20N6O3/c1-29-13-19-22-11-18(21(28)30-2)27(19)12-14-7-9-15(10-8-14)16-5-3-4-6-17(16)20-23-25-26-24-20/h3-11H,12-13H2,1-2H3,(H,23,24,25,26). The number of methoxy groups -OCH3 is 2. The van der Waals surface area contributed by atoms with E-state index in [9.17, 15) is 4.79 Å². The van der Waals surface area contributed by atoms with E-state index < -0.39 is 5.97 Å². The van der Waals surface area contributed by atoms with Crippen LogP contribution in [0.25, 0.3) is 22.5 Å². The van der Waals surface area contributed by atoms with Gasteiger partial charge in [0.15, 0.2) is 5.82 Å². The molecule has 0 bridgehead atoms. The van der Waals surface area contributed by atoms with Crippen molar-refractivity contribution in [1.82, 2.24) is 30.2 Å². The number of aromatic nitrogens is 6. The number of nitrogens with one attached hydrogen (secondary N) is 1. The summed E-state index contributed by atoms with van der Waals surface area (Å²) in [6.07, 6.45) is 1.51. The van der Waals surface area contributed by atoms with Gasteiger partial charge in [0.25, 0.3) is 0 Å². The van der Waals surface area contributed by atoms with Crippen molar-refractivity contribution in [1.29, 1.82) is 0 Å². The largest absolute Gasteiger partial charge is 0.464 e. The maximum Gasteiger partial charge on any atom is 0.356 e. The number of H-pyrrole nitrogens is 1. The number of imidazole rings is 1. The first-order valence-electron chi connectivity index (χ1n) is 9.25. The Balaban J connectivity index is 1.64. The molecule has 0 aliphatic heterocycles. The van der Waals surface area contributed by atoms with Crippen LogP contribution in [0.2, 0.25) is 0 Å². The highest BCUT2D eigenvalue weighted by molar-refractivity contribution is 5.87. The number of carbonyl (C=O) groups excluding carboxylic acids is 1. The van der Waals surface area contributed by atoms with Crippen LogP contribution in [0.15, 0.2) is 54.7 Å². The van der Waals surface area contributed by atoms with Crippen LogP contribution in [0.1, 0.15) is 21.9 Å². The first kappa shape index (κ1) is 19.5. The fraction of sp³-hybridized carbons (Fsp3) is 0.190.